The number of hydrogen-bond donors (Lipinski definition) is 2. The molecule has 2 aliphatic heterocycles. The van der Waals surface area contributed by atoms with Crippen molar-refractivity contribution in [2.45, 2.75) is 38.8 Å². The van der Waals surface area contributed by atoms with Crippen LogP contribution in [0.5, 0.6) is 5.75 Å². The van der Waals surface area contributed by atoms with Crippen LogP contribution in [0.15, 0.2) is 36.8 Å². The first-order valence-corrected chi connectivity index (χ1v) is 13.1. The van der Waals surface area contributed by atoms with Gasteiger partial charge >= 0.3 is 0 Å². The van der Waals surface area contributed by atoms with Crippen molar-refractivity contribution in [2.75, 3.05) is 38.5 Å². The van der Waals surface area contributed by atoms with Crippen LogP contribution in [0, 0.1) is 11.2 Å². The molecular formula is C26H31Cl2FN6O. The fourth-order valence-corrected chi connectivity index (χ4v) is 5.90. The second-order valence-corrected chi connectivity index (χ2v) is 10.7. The summed E-state index contributed by atoms with van der Waals surface area (Å²) < 4.78 is 22.0. The third kappa shape index (κ3) is 5.32. The second-order valence-electron chi connectivity index (χ2n) is 9.88. The number of anilines is 1. The molecule has 192 valence electrons. The summed E-state index contributed by atoms with van der Waals surface area (Å²) >= 11 is 12.4. The molecule has 1 spiro atoms. The molecule has 2 aliphatic rings. The molecule has 0 amide bonds. The Balaban J connectivity index is 1.23. The van der Waals surface area contributed by atoms with Gasteiger partial charge in [0.2, 0.25) is 0 Å². The van der Waals surface area contributed by atoms with E-state index in [2.05, 4.69) is 20.3 Å². The van der Waals surface area contributed by atoms with E-state index in [4.69, 9.17) is 33.7 Å². The number of nitrogens with two attached hydrogens (primary N) is 1. The van der Waals surface area contributed by atoms with Crippen molar-refractivity contribution in [1.29, 1.82) is 0 Å². The lowest BCUT2D eigenvalue weighted by Crippen LogP contribution is -2.42. The number of piperidine rings is 1. The minimum atomic E-state index is -0.633. The first-order chi connectivity index (χ1) is 17.3. The number of benzene rings is 1. The Kier molecular flexibility index (Phi) is 7.40. The molecule has 7 nitrogen and oxygen atoms in total. The van der Waals surface area contributed by atoms with Gasteiger partial charge in [-0.2, -0.15) is 5.10 Å². The number of nitrogen functional groups attached to an aromatic ring is 1. The summed E-state index contributed by atoms with van der Waals surface area (Å²) in [6, 6.07) is 4.49. The zero-order valence-electron chi connectivity index (χ0n) is 20.3. The number of ether oxygens (including phenoxy) is 1. The van der Waals surface area contributed by atoms with Crippen molar-refractivity contribution in [2.24, 2.45) is 5.41 Å². The van der Waals surface area contributed by atoms with Crippen molar-refractivity contribution < 1.29 is 9.13 Å². The van der Waals surface area contributed by atoms with Crippen molar-refractivity contribution in [3.8, 4) is 16.9 Å². The lowest BCUT2D eigenvalue weighted by atomic mass is 9.78. The standard InChI is InChI=1S/C26H31Cl2FN6O/c1-17(23-20(27)2-3-21(29)24(23)28)36-22-12-18(13-32-25(22)30)19-14-33-35(15-19)11-10-34-8-5-26(6-9-34)4-7-31-16-26/h2-3,12-15,17,31H,4-11,16H2,1H3,(H2,30,32). The lowest BCUT2D eigenvalue weighted by Gasteiger charge is -2.38. The number of rotatable bonds is 7. The maximum Gasteiger partial charge on any atom is 0.166 e. The summed E-state index contributed by atoms with van der Waals surface area (Å²) in [4.78, 5) is 6.82. The highest BCUT2D eigenvalue weighted by Crippen LogP contribution is 2.38. The first kappa shape index (κ1) is 25.3. The Morgan fingerprint density at radius 2 is 1.97 bits per heavy atom. The van der Waals surface area contributed by atoms with Crippen LogP contribution >= 0.6 is 23.2 Å². The zero-order chi connectivity index (χ0) is 25.3. The smallest absolute Gasteiger partial charge is 0.166 e. The Morgan fingerprint density at radius 1 is 1.17 bits per heavy atom. The van der Waals surface area contributed by atoms with E-state index in [1.54, 1.807) is 19.2 Å². The molecule has 0 saturated carbocycles. The molecule has 5 rings (SSSR count). The van der Waals surface area contributed by atoms with Crippen molar-refractivity contribution in [3.05, 3.63) is 58.2 Å². The van der Waals surface area contributed by atoms with Crippen LogP contribution in [0.4, 0.5) is 10.2 Å². The van der Waals surface area contributed by atoms with E-state index in [1.807, 2.05) is 17.1 Å². The van der Waals surface area contributed by atoms with E-state index in [0.717, 1.165) is 43.9 Å². The third-order valence-electron chi connectivity index (χ3n) is 7.53. The Labute approximate surface area is 220 Å². The molecule has 4 heterocycles. The molecular weight excluding hydrogens is 502 g/mol. The number of likely N-dealkylation sites (tertiary alicyclic amines) is 1. The van der Waals surface area contributed by atoms with Crippen LogP contribution in [0.1, 0.15) is 37.9 Å². The van der Waals surface area contributed by atoms with Crippen LogP contribution in [0.25, 0.3) is 11.1 Å². The molecule has 10 heteroatoms. The number of pyridine rings is 1. The highest BCUT2D eigenvalue weighted by molar-refractivity contribution is 6.36. The predicted molar refractivity (Wildman–Crippen MR) is 141 cm³/mol. The molecule has 2 saturated heterocycles. The van der Waals surface area contributed by atoms with Gasteiger partial charge in [0, 0.05) is 47.2 Å². The van der Waals surface area contributed by atoms with Crippen LogP contribution in [0.2, 0.25) is 10.0 Å². The molecule has 1 unspecified atom stereocenters. The molecule has 0 bridgehead atoms. The van der Waals surface area contributed by atoms with Gasteiger partial charge in [-0.05, 0) is 69.4 Å². The van der Waals surface area contributed by atoms with E-state index >= 15 is 0 Å². The molecule has 2 aromatic heterocycles. The number of nitrogens with one attached hydrogen (secondary N) is 1. The van der Waals surface area contributed by atoms with E-state index in [9.17, 15) is 4.39 Å². The average Bonchev–Trinajstić information content (AvgIpc) is 3.53. The molecule has 1 aromatic carbocycles. The number of halogens is 3. The zero-order valence-corrected chi connectivity index (χ0v) is 21.8. The predicted octanol–water partition coefficient (Wildman–Crippen LogP) is 5.19. The molecule has 0 radical (unpaired) electrons. The van der Waals surface area contributed by atoms with Crippen molar-refractivity contribution in [1.82, 2.24) is 25.0 Å². The van der Waals surface area contributed by atoms with Gasteiger partial charge in [0.1, 0.15) is 11.9 Å². The normalized spacial score (nSPS) is 18.6. The van der Waals surface area contributed by atoms with Gasteiger partial charge in [0.15, 0.2) is 11.6 Å². The molecule has 0 aliphatic carbocycles. The third-order valence-corrected chi connectivity index (χ3v) is 8.25. The lowest BCUT2D eigenvalue weighted by molar-refractivity contribution is 0.115. The quantitative estimate of drug-likeness (QED) is 0.407. The Morgan fingerprint density at radius 3 is 2.72 bits per heavy atom. The van der Waals surface area contributed by atoms with Crippen LogP contribution in [-0.2, 0) is 6.54 Å². The van der Waals surface area contributed by atoms with Crippen molar-refractivity contribution >= 4 is 29.0 Å². The SMILES string of the molecule is CC(Oc1cc(-c2cnn(CCN3CCC4(CCNC4)CC3)c2)cnc1N)c1c(Cl)ccc(F)c1Cl. The van der Waals surface area contributed by atoms with Gasteiger partial charge < -0.3 is 20.7 Å². The van der Waals surface area contributed by atoms with Crippen LogP contribution in [-0.4, -0.2) is 52.4 Å². The molecule has 36 heavy (non-hydrogen) atoms. The highest BCUT2D eigenvalue weighted by Gasteiger charge is 2.36. The monoisotopic (exact) mass is 532 g/mol. The largest absolute Gasteiger partial charge is 0.482 e. The molecule has 3 aromatic rings. The number of aromatic nitrogens is 3. The van der Waals surface area contributed by atoms with Gasteiger partial charge in [0.25, 0.3) is 0 Å². The summed E-state index contributed by atoms with van der Waals surface area (Å²) in [5, 5.41) is 8.32. The summed E-state index contributed by atoms with van der Waals surface area (Å²) in [7, 11) is 0. The first-order valence-electron chi connectivity index (χ1n) is 12.3. The Bertz CT molecular complexity index is 1220. The summed E-state index contributed by atoms with van der Waals surface area (Å²) in [5.41, 5.74) is 8.70. The minimum Gasteiger partial charge on any atom is -0.482 e. The van der Waals surface area contributed by atoms with E-state index in [-0.39, 0.29) is 10.8 Å². The molecule has 1 atom stereocenters. The number of hydrogen-bond acceptors (Lipinski definition) is 6. The minimum absolute atomic E-state index is 0.0669. The van der Waals surface area contributed by atoms with E-state index < -0.39 is 11.9 Å². The van der Waals surface area contributed by atoms with Gasteiger partial charge in [-0.1, -0.05) is 23.2 Å². The fraction of sp³-hybridized carbons (Fsp3) is 0.462. The van der Waals surface area contributed by atoms with Crippen LogP contribution in [0.3, 0.4) is 0 Å². The maximum absolute atomic E-state index is 14.0. The summed E-state index contributed by atoms with van der Waals surface area (Å²) in [5.74, 6) is 0.0353. The second kappa shape index (κ2) is 10.5. The molecule has 3 N–H and O–H groups in total. The van der Waals surface area contributed by atoms with Gasteiger partial charge in [-0.3, -0.25) is 4.68 Å². The van der Waals surface area contributed by atoms with Crippen molar-refractivity contribution in [3.63, 3.8) is 0 Å². The van der Waals surface area contributed by atoms with E-state index in [1.165, 1.54) is 37.9 Å². The Hall–Kier alpha value is -2.39. The summed E-state index contributed by atoms with van der Waals surface area (Å²) in [6.45, 7) is 8.17. The molecule has 2 fully saturated rings. The summed E-state index contributed by atoms with van der Waals surface area (Å²) in [6.07, 6.45) is 8.74. The fourth-order valence-electron chi connectivity index (χ4n) is 5.22. The van der Waals surface area contributed by atoms with Gasteiger partial charge in [0.05, 0.1) is 17.8 Å². The van der Waals surface area contributed by atoms with Gasteiger partial charge in [-0.15, -0.1) is 0 Å². The highest BCUT2D eigenvalue weighted by atomic mass is 35.5. The van der Waals surface area contributed by atoms with E-state index in [0.29, 0.717) is 21.8 Å². The average molecular weight is 533 g/mol. The number of nitrogens with zero attached hydrogens (tertiary/aromatic N) is 4. The maximum atomic E-state index is 14.0. The van der Waals surface area contributed by atoms with Crippen LogP contribution < -0.4 is 15.8 Å². The topological polar surface area (TPSA) is 81.2 Å². The van der Waals surface area contributed by atoms with Gasteiger partial charge in [-0.25, -0.2) is 9.37 Å².